The molecule has 0 aromatic heterocycles. The fraction of sp³-hybridized carbons (Fsp3) is 0.667. The first-order valence-electron chi connectivity index (χ1n) is 8.26. The molecule has 0 heterocycles. The van der Waals surface area contributed by atoms with Gasteiger partial charge in [0.1, 0.15) is 0 Å². The maximum Gasteiger partial charge on any atom is 0.327 e. The Morgan fingerprint density at radius 1 is 0.909 bits per heavy atom. The molecule has 0 unspecified atom stereocenters. The first kappa shape index (κ1) is 22.7. The molecule has 0 aliphatic rings. The first-order valence-corrected chi connectivity index (χ1v) is 8.26. The van der Waals surface area contributed by atoms with Crippen LogP contribution in [0, 0.1) is 0 Å². The van der Waals surface area contributed by atoms with Gasteiger partial charge in [-0.2, -0.15) is 0 Å². The van der Waals surface area contributed by atoms with Gasteiger partial charge in [0.15, 0.2) is 0 Å². The molecule has 2 N–H and O–H groups in total. The average molecular weight is 312 g/mol. The molecule has 0 spiro atoms. The Hall–Kier alpha value is -1.58. The van der Waals surface area contributed by atoms with Crippen LogP contribution in [0.2, 0.25) is 0 Å². The molecule has 0 aliphatic heterocycles. The summed E-state index contributed by atoms with van der Waals surface area (Å²) in [6.07, 6.45) is 16.1. The highest BCUT2D eigenvalue weighted by Gasteiger charge is 1.95. The Kier molecular flexibility index (Phi) is 20.0. The van der Waals surface area contributed by atoms with Crippen molar-refractivity contribution < 1.29 is 19.8 Å². The maximum absolute atomic E-state index is 10.2. The van der Waals surface area contributed by atoms with Crippen molar-refractivity contribution in [1.82, 2.24) is 0 Å². The van der Waals surface area contributed by atoms with Crippen molar-refractivity contribution in [2.24, 2.45) is 0 Å². The summed E-state index contributed by atoms with van der Waals surface area (Å²) < 4.78 is 0. The van der Waals surface area contributed by atoms with E-state index in [0.717, 1.165) is 38.5 Å². The van der Waals surface area contributed by atoms with Gasteiger partial charge in [-0.1, -0.05) is 57.6 Å². The molecule has 0 saturated heterocycles. The Labute approximate surface area is 134 Å². The van der Waals surface area contributed by atoms with Gasteiger partial charge in [0.25, 0.3) is 0 Å². The number of carboxylic acids is 2. The van der Waals surface area contributed by atoms with Crippen LogP contribution in [0.3, 0.4) is 0 Å². The van der Waals surface area contributed by atoms with Crippen molar-refractivity contribution in [3.8, 4) is 0 Å². The Balaban J connectivity index is 0. The van der Waals surface area contributed by atoms with Crippen LogP contribution in [0.5, 0.6) is 0 Å². The van der Waals surface area contributed by atoms with E-state index in [0.29, 0.717) is 6.42 Å². The van der Waals surface area contributed by atoms with Crippen LogP contribution >= 0.6 is 0 Å². The summed E-state index contributed by atoms with van der Waals surface area (Å²) in [6, 6.07) is 0. The van der Waals surface area contributed by atoms with Crippen molar-refractivity contribution in [2.75, 3.05) is 0 Å². The van der Waals surface area contributed by atoms with E-state index in [1.165, 1.54) is 31.8 Å². The molecule has 0 saturated carbocycles. The molecule has 0 bridgehead atoms. The molecule has 0 radical (unpaired) electrons. The highest BCUT2D eigenvalue weighted by atomic mass is 16.4. The summed E-state index contributed by atoms with van der Waals surface area (Å²) in [5, 5.41) is 16.5. The molecule has 0 rings (SSSR count). The molecule has 0 aliphatic carbocycles. The van der Waals surface area contributed by atoms with Crippen molar-refractivity contribution >= 4 is 11.9 Å². The fourth-order valence-corrected chi connectivity index (χ4v) is 1.78. The predicted octanol–water partition coefficient (Wildman–Crippen LogP) is 5.20. The minimum absolute atomic E-state index is 0.326. The van der Waals surface area contributed by atoms with Crippen LogP contribution in [0.1, 0.15) is 77.6 Å². The molecule has 0 aromatic carbocycles. The molecule has 0 amide bonds. The van der Waals surface area contributed by atoms with Gasteiger partial charge in [-0.25, -0.2) is 4.79 Å². The van der Waals surface area contributed by atoms with E-state index in [4.69, 9.17) is 10.2 Å². The summed E-state index contributed by atoms with van der Waals surface area (Å²) in [6.45, 7) is 5.74. The lowest BCUT2D eigenvalue weighted by molar-refractivity contribution is -0.137. The van der Waals surface area contributed by atoms with Crippen molar-refractivity contribution in [3.05, 3.63) is 24.8 Å². The third-order valence-corrected chi connectivity index (χ3v) is 3.03. The number of rotatable bonds is 13. The summed E-state index contributed by atoms with van der Waals surface area (Å²) in [5.74, 6) is -1.53. The summed E-state index contributed by atoms with van der Waals surface area (Å²) in [5.41, 5.74) is 0. The number of unbranched alkanes of at least 4 members (excludes halogenated alkanes) is 8. The monoisotopic (exact) mass is 312 g/mol. The van der Waals surface area contributed by atoms with Gasteiger partial charge < -0.3 is 10.2 Å². The highest BCUT2D eigenvalue weighted by Crippen LogP contribution is 2.08. The third kappa shape index (κ3) is 26.9. The van der Waals surface area contributed by atoms with Crippen LogP contribution < -0.4 is 0 Å². The zero-order chi connectivity index (χ0) is 17.1. The topological polar surface area (TPSA) is 74.6 Å². The number of hydrogen-bond donors (Lipinski definition) is 2. The Bertz CT molecular complexity index is 308. The van der Waals surface area contributed by atoms with Crippen LogP contribution in [0.15, 0.2) is 24.8 Å². The number of hydrogen-bond acceptors (Lipinski definition) is 2. The number of carbonyl (C=O) groups is 2. The predicted molar refractivity (Wildman–Crippen MR) is 91.1 cm³/mol. The van der Waals surface area contributed by atoms with E-state index in [-0.39, 0.29) is 0 Å². The standard InChI is InChI=1S/C11H20O2.C7H12O2/c1-2-3-4-5-6-7-8-9-10-11(12)13;1-2-3-4-5-6-7(8)9/h2H,1,3-10H2,(H,12,13);5-6H,2-4H2,1H3,(H,8,9). The first-order chi connectivity index (χ1) is 10.5. The molecule has 4 nitrogen and oxygen atoms in total. The lowest BCUT2D eigenvalue weighted by Gasteiger charge is -1.98. The number of allylic oxidation sites excluding steroid dienone is 2. The second kappa shape index (κ2) is 19.4. The van der Waals surface area contributed by atoms with Gasteiger partial charge in [-0.05, 0) is 25.7 Å². The van der Waals surface area contributed by atoms with Gasteiger partial charge in [-0.15, -0.1) is 6.58 Å². The van der Waals surface area contributed by atoms with Gasteiger partial charge in [0.05, 0.1) is 0 Å². The van der Waals surface area contributed by atoms with Gasteiger partial charge in [-0.3, -0.25) is 4.79 Å². The average Bonchev–Trinajstić information content (AvgIpc) is 2.47. The second-order valence-electron chi connectivity index (χ2n) is 5.23. The van der Waals surface area contributed by atoms with Crippen molar-refractivity contribution in [3.63, 3.8) is 0 Å². The van der Waals surface area contributed by atoms with E-state index in [1.807, 2.05) is 6.08 Å². The molecular formula is C18H32O4. The number of aliphatic carboxylic acids is 2. The smallest absolute Gasteiger partial charge is 0.327 e. The van der Waals surface area contributed by atoms with Crippen LogP contribution in [0.25, 0.3) is 0 Å². The lowest BCUT2D eigenvalue weighted by atomic mass is 10.1. The van der Waals surface area contributed by atoms with Gasteiger partial charge in [0.2, 0.25) is 0 Å². The molecular weight excluding hydrogens is 280 g/mol. The van der Waals surface area contributed by atoms with E-state index in [1.54, 1.807) is 6.08 Å². The summed E-state index contributed by atoms with van der Waals surface area (Å²) in [4.78, 5) is 20.0. The SMILES string of the molecule is C=CCCCCCCCCC(=O)O.CCCCC=CC(=O)O. The second-order valence-corrected chi connectivity index (χ2v) is 5.23. The fourth-order valence-electron chi connectivity index (χ4n) is 1.78. The van der Waals surface area contributed by atoms with Gasteiger partial charge >= 0.3 is 11.9 Å². The molecule has 128 valence electrons. The zero-order valence-corrected chi connectivity index (χ0v) is 13.9. The van der Waals surface area contributed by atoms with Crippen LogP contribution in [-0.4, -0.2) is 22.2 Å². The highest BCUT2D eigenvalue weighted by molar-refractivity contribution is 5.79. The van der Waals surface area contributed by atoms with Crippen LogP contribution in [0.4, 0.5) is 0 Å². The normalized spacial score (nSPS) is 10.0. The largest absolute Gasteiger partial charge is 0.481 e. The molecule has 0 atom stereocenters. The van der Waals surface area contributed by atoms with Crippen molar-refractivity contribution in [1.29, 1.82) is 0 Å². The van der Waals surface area contributed by atoms with E-state index >= 15 is 0 Å². The molecule has 0 fully saturated rings. The minimum atomic E-state index is -0.855. The van der Waals surface area contributed by atoms with Gasteiger partial charge in [0, 0.05) is 12.5 Å². The lowest BCUT2D eigenvalue weighted by Crippen LogP contribution is -1.93. The summed E-state index contributed by atoms with van der Waals surface area (Å²) >= 11 is 0. The minimum Gasteiger partial charge on any atom is -0.481 e. The molecule has 4 heteroatoms. The Morgan fingerprint density at radius 3 is 2.00 bits per heavy atom. The Morgan fingerprint density at radius 2 is 1.50 bits per heavy atom. The van der Waals surface area contributed by atoms with E-state index in [2.05, 4.69) is 13.5 Å². The number of carboxylic acid groups (broad SMARTS) is 2. The van der Waals surface area contributed by atoms with E-state index in [9.17, 15) is 9.59 Å². The van der Waals surface area contributed by atoms with Crippen molar-refractivity contribution in [2.45, 2.75) is 77.6 Å². The van der Waals surface area contributed by atoms with E-state index < -0.39 is 11.9 Å². The quantitative estimate of drug-likeness (QED) is 0.278. The summed E-state index contributed by atoms with van der Waals surface area (Å²) in [7, 11) is 0. The van der Waals surface area contributed by atoms with Crippen LogP contribution in [-0.2, 0) is 9.59 Å². The zero-order valence-electron chi connectivity index (χ0n) is 13.9. The molecule has 22 heavy (non-hydrogen) atoms. The third-order valence-electron chi connectivity index (χ3n) is 3.03. The maximum atomic E-state index is 10.2. The molecule has 0 aromatic rings.